The second kappa shape index (κ2) is 5.72. The molecule has 1 aliphatic heterocycles. The van der Waals surface area contributed by atoms with Crippen molar-refractivity contribution in [3.8, 4) is 5.88 Å². The summed E-state index contributed by atoms with van der Waals surface area (Å²) >= 11 is 0. The summed E-state index contributed by atoms with van der Waals surface area (Å²) < 4.78 is 33.6. The first-order valence-electron chi connectivity index (χ1n) is 6.00. The number of nitrogens with zero attached hydrogens (tertiary/aromatic N) is 2. The number of hydrogen-bond donors (Lipinski definition) is 1. The average molecular weight is 287 g/mol. The summed E-state index contributed by atoms with van der Waals surface area (Å²) in [6, 6.07) is 1.50. The molecule has 0 aromatic carbocycles. The monoisotopic (exact) mass is 287 g/mol. The SMILES string of the molecule is CCOc1ncc(N2CCOCC2)cc1S(N)(=O)=O. The number of primary sulfonamides is 1. The van der Waals surface area contributed by atoms with Gasteiger partial charge < -0.3 is 14.4 Å². The van der Waals surface area contributed by atoms with Gasteiger partial charge in [-0.3, -0.25) is 0 Å². The van der Waals surface area contributed by atoms with E-state index in [0.29, 0.717) is 38.6 Å². The van der Waals surface area contributed by atoms with Crippen LogP contribution in [-0.4, -0.2) is 46.3 Å². The Morgan fingerprint density at radius 1 is 1.47 bits per heavy atom. The zero-order chi connectivity index (χ0) is 13.9. The van der Waals surface area contributed by atoms with Crippen LogP contribution in [-0.2, 0) is 14.8 Å². The highest BCUT2D eigenvalue weighted by atomic mass is 32.2. The minimum absolute atomic E-state index is 0.0435. The standard InChI is InChI=1S/C11H17N3O4S/c1-2-18-11-10(19(12,15)16)7-9(8-13-11)14-3-5-17-6-4-14/h7-8H,2-6H2,1H3,(H2,12,15,16). The molecule has 1 aromatic heterocycles. The van der Waals surface area contributed by atoms with E-state index in [9.17, 15) is 8.42 Å². The third-order valence-electron chi connectivity index (χ3n) is 2.77. The molecule has 19 heavy (non-hydrogen) atoms. The van der Waals surface area contributed by atoms with Gasteiger partial charge in [0, 0.05) is 13.1 Å². The van der Waals surface area contributed by atoms with Crippen LogP contribution >= 0.6 is 0 Å². The number of rotatable bonds is 4. The number of nitrogens with two attached hydrogens (primary N) is 1. The first-order chi connectivity index (χ1) is 9.02. The zero-order valence-electron chi connectivity index (χ0n) is 10.7. The molecule has 0 saturated carbocycles. The maximum atomic E-state index is 11.6. The lowest BCUT2D eigenvalue weighted by molar-refractivity contribution is 0.122. The lowest BCUT2D eigenvalue weighted by atomic mass is 10.3. The Morgan fingerprint density at radius 3 is 2.74 bits per heavy atom. The third-order valence-corrected chi connectivity index (χ3v) is 3.67. The highest BCUT2D eigenvalue weighted by Crippen LogP contribution is 2.26. The minimum atomic E-state index is -3.86. The van der Waals surface area contributed by atoms with Gasteiger partial charge in [0.05, 0.1) is 31.7 Å². The van der Waals surface area contributed by atoms with Crippen molar-refractivity contribution >= 4 is 15.7 Å². The van der Waals surface area contributed by atoms with Gasteiger partial charge in [0.25, 0.3) is 0 Å². The molecule has 1 aromatic rings. The van der Waals surface area contributed by atoms with Crippen molar-refractivity contribution in [1.82, 2.24) is 4.98 Å². The van der Waals surface area contributed by atoms with Crippen molar-refractivity contribution in [2.45, 2.75) is 11.8 Å². The predicted molar refractivity (Wildman–Crippen MR) is 69.8 cm³/mol. The van der Waals surface area contributed by atoms with Crippen molar-refractivity contribution in [2.24, 2.45) is 5.14 Å². The van der Waals surface area contributed by atoms with Crippen molar-refractivity contribution in [3.05, 3.63) is 12.3 Å². The zero-order valence-corrected chi connectivity index (χ0v) is 11.5. The molecule has 1 fully saturated rings. The van der Waals surface area contributed by atoms with Gasteiger partial charge >= 0.3 is 0 Å². The van der Waals surface area contributed by atoms with Gasteiger partial charge in [-0.15, -0.1) is 0 Å². The van der Waals surface area contributed by atoms with E-state index in [1.165, 1.54) is 6.07 Å². The smallest absolute Gasteiger partial charge is 0.243 e. The Morgan fingerprint density at radius 2 is 2.16 bits per heavy atom. The van der Waals surface area contributed by atoms with Crippen LogP contribution < -0.4 is 14.8 Å². The number of ether oxygens (including phenoxy) is 2. The lowest BCUT2D eigenvalue weighted by Gasteiger charge is -2.28. The number of sulfonamides is 1. The number of hydrogen-bond acceptors (Lipinski definition) is 6. The number of morpholine rings is 1. The molecule has 1 saturated heterocycles. The fourth-order valence-corrected chi connectivity index (χ4v) is 2.51. The highest BCUT2D eigenvalue weighted by molar-refractivity contribution is 7.89. The van der Waals surface area contributed by atoms with Crippen LogP contribution in [0.1, 0.15) is 6.92 Å². The molecule has 1 aliphatic rings. The van der Waals surface area contributed by atoms with E-state index >= 15 is 0 Å². The van der Waals surface area contributed by atoms with Gasteiger partial charge in [-0.25, -0.2) is 18.5 Å². The maximum absolute atomic E-state index is 11.6. The highest BCUT2D eigenvalue weighted by Gasteiger charge is 2.20. The molecule has 7 nitrogen and oxygen atoms in total. The van der Waals surface area contributed by atoms with E-state index in [1.807, 2.05) is 4.90 Å². The fourth-order valence-electron chi connectivity index (χ4n) is 1.87. The largest absolute Gasteiger partial charge is 0.477 e. The van der Waals surface area contributed by atoms with Gasteiger partial charge in [-0.1, -0.05) is 0 Å². The summed E-state index contributed by atoms with van der Waals surface area (Å²) in [5.41, 5.74) is 0.704. The topological polar surface area (TPSA) is 94.8 Å². The first kappa shape index (κ1) is 14.0. The molecule has 0 atom stereocenters. The van der Waals surface area contributed by atoms with Crippen LogP contribution in [0, 0.1) is 0 Å². The normalized spacial score (nSPS) is 16.4. The molecule has 0 spiro atoms. The molecule has 106 valence electrons. The molecule has 2 rings (SSSR count). The number of aromatic nitrogens is 1. The maximum Gasteiger partial charge on any atom is 0.243 e. The van der Waals surface area contributed by atoms with Crippen LogP contribution in [0.15, 0.2) is 17.2 Å². The van der Waals surface area contributed by atoms with Crippen LogP contribution in [0.25, 0.3) is 0 Å². The summed E-state index contributed by atoms with van der Waals surface area (Å²) in [5.74, 6) is 0.0435. The Labute approximate surface area is 112 Å². The summed E-state index contributed by atoms with van der Waals surface area (Å²) in [7, 11) is -3.86. The average Bonchev–Trinajstić information content (AvgIpc) is 2.39. The van der Waals surface area contributed by atoms with Crippen LogP contribution in [0.4, 0.5) is 5.69 Å². The summed E-state index contributed by atoms with van der Waals surface area (Å²) in [6.07, 6.45) is 1.59. The van der Waals surface area contributed by atoms with E-state index in [4.69, 9.17) is 14.6 Å². The van der Waals surface area contributed by atoms with Crippen LogP contribution in [0.5, 0.6) is 5.88 Å². The number of anilines is 1. The Bertz CT molecular complexity index is 541. The third kappa shape index (κ3) is 3.34. The Balaban J connectivity index is 2.37. The molecule has 8 heteroatoms. The van der Waals surface area contributed by atoms with E-state index < -0.39 is 10.0 Å². The molecule has 0 radical (unpaired) electrons. The lowest BCUT2D eigenvalue weighted by Crippen LogP contribution is -2.36. The molecule has 0 aliphatic carbocycles. The van der Waals surface area contributed by atoms with Crippen molar-refractivity contribution < 1.29 is 17.9 Å². The van der Waals surface area contributed by atoms with Gasteiger partial charge in [0.15, 0.2) is 0 Å². The van der Waals surface area contributed by atoms with Crippen molar-refractivity contribution in [1.29, 1.82) is 0 Å². The van der Waals surface area contributed by atoms with Gasteiger partial charge in [0.1, 0.15) is 4.90 Å². The van der Waals surface area contributed by atoms with E-state index in [2.05, 4.69) is 4.98 Å². The molecule has 0 amide bonds. The van der Waals surface area contributed by atoms with Gasteiger partial charge in [-0.05, 0) is 13.0 Å². The minimum Gasteiger partial charge on any atom is -0.477 e. The summed E-state index contributed by atoms with van der Waals surface area (Å²) in [5, 5.41) is 5.20. The molecular formula is C11H17N3O4S. The van der Waals surface area contributed by atoms with Gasteiger partial charge in [-0.2, -0.15) is 0 Å². The molecule has 0 bridgehead atoms. The van der Waals surface area contributed by atoms with Crippen molar-refractivity contribution in [3.63, 3.8) is 0 Å². The second-order valence-electron chi connectivity index (χ2n) is 4.07. The first-order valence-corrected chi connectivity index (χ1v) is 7.55. The molecule has 0 unspecified atom stereocenters. The Kier molecular flexibility index (Phi) is 4.23. The van der Waals surface area contributed by atoms with E-state index in [-0.39, 0.29) is 10.8 Å². The summed E-state index contributed by atoms with van der Waals surface area (Å²) in [4.78, 5) is 5.96. The van der Waals surface area contributed by atoms with Crippen molar-refractivity contribution in [2.75, 3.05) is 37.8 Å². The summed E-state index contributed by atoms with van der Waals surface area (Å²) in [6.45, 7) is 4.69. The molecule has 2 N–H and O–H groups in total. The molecule has 2 heterocycles. The second-order valence-corrected chi connectivity index (χ2v) is 5.60. The predicted octanol–water partition coefficient (Wildman–Crippen LogP) is -0.0357. The number of pyridine rings is 1. The van der Waals surface area contributed by atoms with Gasteiger partial charge in [0.2, 0.25) is 15.9 Å². The molecular weight excluding hydrogens is 270 g/mol. The quantitative estimate of drug-likeness (QED) is 0.835. The van der Waals surface area contributed by atoms with E-state index in [1.54, 1.807) is 13.1 Å². The fraction of sp³-hybridized carbons (Fsp3) is 0.545. The Hall–Kier alpha value is -1.38. The van der Waals surface area contributed by atoms with Crippen LogP contribution in [0.3, 0.4) is 0 Å². The van der Waals surface area contributed by atoms with E-state index in [0.717, 1.165) is 0 Å². The van der Waals surface area contributed by atoms with Crippen LogP contribution in [0.2, 0.25) is 0 Å².